The Morgan fingerprint density at radius 1 is 0.862 bits per heavy atom. The summed E-state index contributed by atoms with van der Waals surface area (Å²) in [5.41, 5.74) is 5.23. The highest BCUT2D eigenvalue weighted by Crippen LogP contribution is 2.40. The van der Waals surface area contributed by atoms with Crippen molar-refractivity contribution < 1.29 is 4.42 Å². The van der Waals surface area contributed by atoms with E-state index in [1.165, 1.54) is 22.1 Å². The van der Waals surface area contributed by atoms with Gasteiger partial charge in [0.2, 0.25) is 0 Å². The highest BCUT2D eigenvalue weighted by atomic mass is 16.3. The van der Waals surface area contributed by atoms with Crippen LogP contribution in [0.25, 0.3) is 33.1 Å². The lowest BCUT2D eigenvalue weighted by Crippen LogP contribution is -2.40. The van der Waals surface area contributed by atoms with E-state index >= 15 is 0 Å². The van der Waals surface area contributed by atoms with Crippen molar-refractivity contribution in [3.8, 4) is 11.1 Å². The number of furan rings is 1. The average molecular weight is 380 g/mol. The van der Waals surface area contributed by atoms with Gasteiger partial charge in [0, 0.05) is 16.3 Å². The van der Waals surface area contributed by atoms with E-state index in [0.717, 1.165) is 23.0 Å². The Morgan fingerprint density at radius 3 is 2.48 bits per heavy atom. The molecular formula is C27H25NO. The molecule has 0 saturated heterocycles. The van der Waals surface area contributed by atoms with Crippen LogP contribution in [-0.4, -0.2) is 0 Å². The molecule has 5 rings (SSSR count). The molecule has 1 unspecified atom stereocenters. The Labute approximate surface area is 171 Å². The van der Waals surface area contributed by atoms with Crippen LogP contribution in [0.3, 0.4) is 0 Å². The molecule has 0 spiro atoms. The van der Waals surface area contributed by atoms with Gasteiger partial charge in [0.25, 0.3) is 0 Å². The van der Waals surface area contributed by atoms with Gasteiger partial charge in [-0.25, -0.2) is 0 Å². The normalized spacial score (nSPS) is 18.6. The molecule has 3 aromatic carbocycles. The summed E-state index contributed by atoms with van der Waals surface area (Å²) in [7, 11) is 0. The maximum absolute atomic E-state index is 6.51. The van der Waals surface area contributed by atoms with Crippen LogP contribution < -0.4 is 5.32 Å². The number of nitrogens with one attached hydrogen (secondary N) is 1. The molecule has 1 atom stereocenters. The molecule has 2 heterocycles. The SMILES string of the molecule is CC(C)CC1(c2cccc3c2oc2cc(-c4ccccc4)ccc23)C=CC=CN1. The largest absolute Gasteiger partial charge is 0.456 e. The van der Waals surface area contributed by atoms with E-state index in [1.54, 1.807) is 0 Å². The molecule has 1 aliphatic rings. The van der Waals surface area contributed by atoms with Crippen molar-refractivity contribution in [1.29, 1.82) is 0 Å². The molecule has 0 saturated carbocycles. The second-order valence-corrected chi connectivity index (χ2v) is 8.29. The van der Waals surface area contributed by atoms with Crippen LogP contribution in [0.2, 0.25) is 0 Å². The minimum absolute atomic E-state index is 0.251. The summed E-state index contributed by atoms with van der Waals surface area (Å²) in [4.78, 5) is 0. The zero-order valence-electron chi connectivity index (χ0n) is 16.9. The quantitative estimate of drug-likeness (QED) is 0.407. The number of rotatable bonds is 4. The molecule has 2 nitrogen and oxygen atoms in total. The molecular weight excluding hydrogens is 354 g/mol. The summed E-state index contributed by atoms with van der Waals surface area (Å²) in [6.45, 7) is 4.53. The lowest BCUT2D eigenvalue weighted by molar-refractivity contribution is 0.370. The Morgan fingerprint density at radius 2 is 1.72 bits per heavy atom. The van der Waals surface area contributed by atoms with Crippen LogP contribution in [-0.2, 0) is 5.54 Å². The number of benzene rings is 3. The van der Waals surface area contributed by atoms with Crippen LogP contribution in [0.15, 0.2) is 95.6 Å². The number of hydrogen-bond acceptors (Lipinski definition) is 2. The fourth-order valence-electron chi connectivity index (χ4n) is 4.53. The number of hydrogen-bond donors (Lipinski definition) is 1. The lowest BCUT2D eigenvalue weighted by atomic mass is 9.80. The predicted octanol–water partition coefficient (Wildman–Crippen LogP) is 7.17. The van der Waals surface area contributed by atoms with Gasteiger partial charge in [-0.2, -0.15) is 0 Å². The minimum Gasteiger partial charge on any atom is -0.456 e. The summed E-state index contributed by atoms with van der Waals surface area (Å²) in [5.74, 6) is 0.544. The molecule has 1 aromatic heterocycles. The standard InChI is InChI=1S/C27H25NO/c1-19(2)18-27(15-6-7-16-28-27)24-12-8-11-23-22-14-13-21(17-25(22)29-26(23)24)20-9-4-3-5-10-20/h3-17,19,28H,18H2,1-2H3. The van der Waals surface area contributed by atoms with Crippen LogP contribution in [0.5, 0.6) is 0 Å². The third kappa shape index (κ3) is 3.05. The summed E-state index contributed by atoms with van der Waals surface area (Å²) in [6.07, 6.45) is 9.48. The van der Waals surface area contributed by atoms with E-state index < -0.39 is 0 Å². The Hall–Kier alpha value is -3.26. The van der Waals surface area contributed by atoms with Crippen LogP contribution >= 0.6 is 0 Å². The zero-order chi connectivity index (χ0) is 19.8. The first-order valence-electron chi connectivity index (χ1n) is 10.3. The molecule has 0 bridgehead atoms. The smallest absolute Gasteiger partial charge is 0.141 e. The van der Waals surface area contributed by atoms with E-state index in [1.807, 2.05) is 18.3 Å². The topological polar surface area (TPSA) is 25.2 Å². The van der Waals surface area contributed by atoms with Gasteiger partial charge in [0.05, 0.1) is 5.54 Å². The van der Waals surface area contributed by atoms with Crippen LogP contribution in [0, 0.1) is 5.92 Å². The third-order valence-corrected chi connectivity index (χ3v) is 5.75. The third-order valence-electron chi connectivity index (χ3n) is 5.75. The second-order valence-electron chi connectivity index (χ2n) is 8.29. The Bertz CT molecular complexity index is 1230. The monoisotopic (exact) mass is 379 g/mol. The maximum atomic E-state index is 6.51. The van der Waals surface area contributed by atoms with Gasteiger partial charge >= 0.3 is 0 Å². The average Bonchev–Trinajstić information content (AvgIpc) is 3.12. The van der Waals surface area contributed by atoms with Crippen molar-refractivity contribution in [3.63, 3.8) is 0 Å². The van der Waals surface area contributed by atoms with E-state index in [-0.39, 0.29) is 5.54 Å². The molecule has 0 fully saturated rings. The zero-order valence-corrected chi connectivity index (χ0v) is 16.9. The van der Waals surface area contributed by atoms with Gasteiger partial charge in [-0.05, 0) is 47.9 Å². The van der Waals surface area contributed by atoms with Gasteiger partial charge in [-0.15, -0.1) is 0 Å². The molecule has 2 heteroatoms. The van der Waals surface area contributed by atoms with E-state index in [0.29, 0.717) is 5.92 Å². The first-order valence-corrected chi connectivity index (χ1v) is 10.3. The summed E-state index contributed by atoms with van der Waals surface area (Å²) >= 11 is 0. The van der Waals surface area contributed by atoms with E-state index in [9.17, 15) is 0 Å². The number of dihydropyridines is 1. The molecule has 1 aliphatic heterocycles. The summed E-state index contributed by atoms with van der Waals surface area (Å²) in [6, 6.07) is 23.5. The summed E-state index contributed by atoms with van der Waals surface area (Å²) in [5, 5.41) is 5.96. The molecule has 144 valence electrons. The maximum Gasteiger partial charge on any atom is 0.141 e. The molecule has 0 radical (unpaired) electrons. The number of allylic oxidation sites excluding steroid dienone is 2. The Kier molecular flexibility index (Phi) is 4.28. The van der Waals surface area contributed by atoms with E-state index in [4.69, 9.17) is 4.42 Å². The van der Waals surface area contributed by atoms with Gasteiger partial charge in [0.1, 0.15) is 11.2 Å². The van der Waals surface area contributed by atoms with Gasteiger partial charge in [-0.3, -0.25) is 0 Å². The van der Waals surface area contributed by atoms with Crippen molar-refractivity contribution in [1.82, 2.24) is 5.32 Å². The van der Waals surface area contributed by atoms with E-state index in [2.05, 4.69) is 92.0 Å². The van der Waals surface area contributed by atoms with Gasteiger partial charge in [0.15, 0.2) is 0 Å². The predicted molar refractivity (Wildman–Crippen MR) is 122 cm³/mol. The molecule has 29 heavy (non-hydrogen) atoms. The first kappa shape index (κ1) is 17.8. The molecule has 0 aliphatic carbocycles. The fraction of sp³-hybridized carbons (Fsp3) is 0.185. The second kappa shape index (κ2) is 6.97. The van der Waals surface area contributed by atoms with Gasteiger partial charge < -0.3 is 9.73 Å². The highest BCUT2D eigenvalue weighted by Gasteiger charge is 2.33. The fourth-order valence-corrected chi connectivity index (χ4v) is 4.53. The Balaban J connectivity index is 1.71. The molecule has 4 aromatic rings. The van der Waals surface area contributed by atoms with Crippen molar-refractivity contribution in [2.75, 3.05) is 0 Å². The lowest BCUT2D eigenvalue weighted by Gasteiger charge is -2.35. The van der Waals surface area contributed by atoms with Crippen molar-refractivity contribution in [3.05, 3.63) is 96.7 Å². The molecule has 1 N–H and O–H groups in total. The molecule has 0 amide bonds. The van der Waals surface area contributed by atoms with Gasteiger partial charge in [-0.1, -0.05) is 80.6 Å². The van der Waals surface area contributed by atoms with Crippen LogP contribution in [0.1, 0.15) is 25.8 Å². The first-order chi connectivity index (χ1) is 14.2. The van der Waals surface area contributed by atoms with Crippen molar-refractivity contribution in [2.45, 2.75) is 25.8 Å². The highest BCUT2D eigenvalue weighted by molar-refractivity contribution is 6.07. The van der Waals surface area contributed by atoms with Crippen molar-refractivity contribution in [2.24, 2.45) is 5.92 Å². The number of fused-ring (bicyclic) bond motifs is 3. The van der Waals surface area contributed by atoms with Crippen LogP contribution in [0.4, 0.5) is 0 Å². The summed E-state index contributed by atoms with van der Waals surface area (Å²) < 4.78 is 6.51. The minimum atomic E-state index is -0.251. The van der Waals surface area contributed by atoms with Crippen molar-refractivity contribution >= 4 is 21.9 Å². The number of para-hydroxylation sites is 1.